The van der Waals surface area contributed by atoms with Crippen LogP contribution in [0.1, 0.15) is 5.56 Å². The van der Waals surface area contributed by atoms with Crippen molar-refractivity contribution in [1.29, 1.82) is 0 Å². The summed E-state index contributed by atoms with van der Waals surface area (Å²) in [4.78, 5) is 15.6. The van der Waals surface area contributed by atoms with Crippen molar-refractivity contribution in [1.82, 2.24) is 14.6 Å². The number of aromatic nitrogens is 1. The largest absolute Gasteiger partial charge is 0.351 e. The van der Waals surface area contributed by atoms with Crippen molar-refractivity contribution >= 4 is 15.9 Å². The first-order valence-electron chi connectivity index (χ1n) is 6.77. The number of benzene rings is 1. The van der Waals surface area contributed by atoms with E-state index in [-0.39, 0.29) is 23.8 Å². The maximum Gasteiger partial charge on any atom is 0.244 e. The van der Waals surface area contributed by atoms with Gasteiger partial charge in [-0.3, -0.25) is 9.78 Å². The van der Waals surface area contributed by atoms with Gasteiger partial charge < -0.3 is 5.32 Å². The summed E-state index contributed by atoms with van der Waals surface area (Å²) in [7, 11) is -2.44. The Morgan fingerprint density at radius 2 is 1.96 bits per heavy atom. The second-order valence-electron chi connectivity index (χ2n) is 4.85. The second-order valence-corrected chi connectivity index (χ2v) is 6.90. The zero-order valence-corrected chi connectivity index (χ0v) is 13.3. The molecule has 0 bridgehead atoms. The van der Waals surface area contributed by atoms with Crippen molar-refractivity contribution in [2.75, 3.05) is 13.6 Å². The Kier molecular flexibility index (Phi) is 5.41. The van der Waals surface area contributed by atoms with Crippen LogP contribution in [0.15, 0.2) is 53.7 Å². The van der Waals surface area contributed by atoms with Gasteiger partial charge in [-0.05, 0) is 29.8 Å². The molecule has 0 spiro atoms. The maximum atomic E-state index is 12.8. The molecule has 1 heterocycles. The molecule has 2 rings (SSSR count). The smallest absolute Gasteiger partial charge is 0.244 e. The second kappa shape index (κ2) is 7.30. The van der Waals surface area contributed by atoms with Crippen molar-refractivity contribution in [3.8, 4) is 0 Å². The average molecular weight is 337 g/mol. The molecule has 0 aliphatic carbocycles. The molecule has 122 valence electrons. The van der Waals surface area contributed by atoms with E-state index in [9.17, 15) is 17.6 Å². The van der Waals surface area contributed by atoms with Gasteiger partial charge in [-0.15, -0.1) is 0 Å². The fourth-order valence-corrected chi connectivity index (χ4v) is 2.92. The highest BCUT2D eigenvalue weighted by Crippen LogP contribution is 2.11. The van der Waals surface area contributed by atoms with Crippen LogP contribution in [0.4, 0.5) is 4.39 Å². The fourth-order valence-electron chi connectivity index (χ4n) is 1.83. The van der Waals surface area contributed by atoms with Gasteiger partial charge in [0.1, 0.15) is 10.7 Å². The minimum atomic E-state index is -3.76. The van der Waals surface area contributed by atoms with Gasteiger partial charge in [-0.1, -0.05) is 12.1 Å². The maximum absolute atomic E-state index is 12.8. The quantitative estimate of drug-likeness (QED) is 0.858. The number of carbonyl (C=O) groups is 1. The zero-order chi connectivity index (χ0) is 16.9. The first-order chi connectivity index (χ1) is 10.9. The van der Waals surface area contributed by atoms with Crippen molar-refractivity contribution in [3.63, 3.8) is 0 Å². The number of nitrogens with one attached hydrogen (secondary N) is 1. The summed E-state index contributed by atoms with van der Waals surface area (Å²) in [5.41, 5.74) is 0.720. The molecule has 0 fully saturated rings. The average Bonchev–Trinajstić information content (AvgIpc) is 2.55. The summed E-state index contributed by atoms with van der Waals surface area (Å²) < 4.78 is 38.2. The highest BCUT2D eigenvalue weighted by Gasteiger charge is 2.22. The number of carbonyl (C=O) groups excluding carboxylic acids is 1. The molecular weight excluding hydrogens is 321 g/mol. The van der Waals surface area contributed by atoms with Gasteiger partial charge in [0, 0.05) is 26.0 Å². The number of nitrogens with zero attached hydrogens (tertiary/aromatic N) is 2. The van der Waals surface area contributed by atoms with E-state index >= 15 is 0 Å². The molecule has 1 aromatic carbocycles. The van der Waals surface area contributed by atoms with Crippen LogP contribution in [-0.4, -0.2) is 37.2 Å². The van der Waals surface area contributed by atoms with Crippen LogP contribution in [0.2, 0.25) is 0 Å². The van der Waals surface area contributed by atoms with Crippen LogP contribution in [0, 0.1) is 5.82 Å². The zero-order valence-electron chi connectivity index (χ0n) is 12.4. The highest BCUT2D eigenvalue weighted by atomic mass is 32.2. The number of pyridine rings is 1. The summed E-state index contributed by atoms with van der Waals surface area (Å²) in [6.45, 7) is -0.127. The van der Waals surface area contributed by atoms with E-state index in [1.807, 2.05) is 0 Å². The number of halogens is 1. The van der Waals surface area contributed by atoms with E-state index in [0.717, 1.165) is 9.87 Å². The number of hydrogen-bond acceptors (Lipinski definition) is 4. The molecule has 23 heavy (non-hydrogen) atoms. The van der Waals surface area contributed by atoms with Crippen molar-refractivity contribution in [3.05, 3.63) is 60.2 Å². The Hall–Kier alpha value is -2.32. The van der Waals surface area contributed by atoms with E-state index in [2.05, 4.69) is 10.3 Å². The monoisotopic (exact) mass is 337 g/mol. The SMILES string of the molecule is CN(CC(=O)NCc1ccc(F)cc1)S(=O)(=O)c1cccnc1. The number of likely N-dealkylation sites (N-methyl/N-ethyl adjacent to an activating group) is 1. The number of hydrogen-bond donors (Lipinski definition) is 1. The third kappa shape index (κ3) is 4.57. The normalized spacial score (nSPS) is 11.4. The molecule has 0 radical (unpaired) electrons. The van der Waals surface area contributed by atoms with E-state index in [4.69, 9.17) is 0 Å². The lowest BCUT2D eigenvalue weighted by molar-refractivity contribution is -0.121. The summed E-state index contributed by atoms with van der Waals surface area (Å²) in [5.74, 6) is -0.813. The number of sulfonamides is 1. The van der Waals surface area contributed by atoms with Crippen LogP contribution in [0.25, 0.3) is 0 Å². The summed E-state index contributed by atoms with van der Waals surface area (Å²) in [6.07, 6.45) is 2.69. The van der Waals surface area contributed by atoms with Crippen molar-refractivity contribution < 1.29 is 17.6 Å². The van der Waals surface area contributed by atoms with Crippen LogP contribution >= 0.6 is 0 Å². The predicted molar refractivity (Wildman–Crippen MR) is 82.3 cm³/mol. The lowest BCUT2D eigenvalue weighted by Gasteiger charge is -2.16. The lowest BCUT2D eigenvalue weighted by atomic mass is 10.2. The molecule has 0 saturated carbocycles. The van der Waals surface area contributed by atoms with E-state index in [0.29, 0.717) is 0 Å². The Bertz CT molecular complexity index is 764. The van der Waals surface area contributed by atoms with E-state index < -0.39 is 15.9 Å². The van der Waals surface area contributed by atoms with Crippen LogP contribution < -0.4 is 5.32 Å². The Morgan fingerprint density at radius 3 is 2.57 bits per heavy atom. The molecule has 0 aliphatic heterocycles. The summed E-state index contributed by atoms with van der Waals surface area (Å²) in [5, 5.41) is 2.59. The van der Waals surface area contributed by atoms with Gasteiger partial charge in [-0.2, -0.15) is 4.31 Å². The molecule has 6 nitrogen and oxygen atoms in total. The molecule has 0 unspecified atom stereocenters. The molecular formula is C15H16FN3O3S. The van der Waals surface area contributed by atoms with Crippen LogP contribution in [0.5, 0.6) is 0 Å². The fraction of sp³-hybridized carbons (Fsp3) is 0.200. The third-order valence-electron chi connectivity index (χ3n) is 3.11. The highest BCUT2D eigenvalue weighted by molar-refractivity contribution is 7.89. The summed E-state index contributed by atoms with van der Waals surface area (Å²) in [6, 6.07) is 8.60. The summed E-state index contributed by atoms with van der Waals surface area (Å²) >= 11 is 0. The molecule has 2 aromatic rings. The predicted octanol–water partition coefficient (Wildman–Crippen LogP) is 1.16. The van der Waals surface area contributed by atoms with Gasteiger partial charge in [0.25, 0.3) is 0 Å². The van der Waals surface area contributed by atoms with E-state index in [1.165, 1.54) is 43.7 Å². The van der Waals surface area contributed by atoms with Crippen LogP contribution in [0.3, 0.4) is 0 Å². The molecule has 1 aromatic heterocycles. The number of rotatable bonds is 6. The molecule has 1 amide bonds. The molecule has 0 atom stereocenters. The topological polar surface area (TPSA) is 79.4 Å². The van der Waals surface area contributed by atoms with E-state index in [1.54, 1.807) is 12.1 Å². The number of amides is 1. The first kappa shape index (κ1) is 17.0. The third-order valence-corrected chi connectivity index (χ3v) is 4.90. The molecule has 8 heteroatoms. The minimum Gasteiger partial charge on any atom is -0.351 e. The lowest BCUT2D eigenvalue weighted by Crippen LogP contribution is -2.38. The van der Waals surface area contributed by atoms with Gasteiger partial charge in [0.05, 0.1) is 6.54 Å². The van der Waals surface area contributed by atoms with Gasteiger partial charge in [0.15, 0.2) is 0 Å². The van der Waals surface area contributed by atoms with Crippen LogP contribution in [-0.2, 0) is 21.4 Å². The van der Waals surface area contributed by atoms with Gasteiger partial charge in [0.2, 0.25) is 15.9 Å². The molecule has 1 N–H and O–H groups in total. The van der Waals surface area contributed by atoms with Crippen molar-refractivity contribution in [2.45, 2.75) is 11.4 Å². The first-order valence-corrected chi connectivity index (χ1v) is 8.21. The standard InChI is InChI=1S/C15H16FN3O3S/c1-19(23(21,22)14-3-2-8-17-10-14)11-15(20)18-9-12-4-6-13(16)7-5-12/h2-8,10H,9,11H2,1H3,(H,18,20). The Morgan fingerprint density at radius 1 is 1.26 bits per heavy atom. The van der Waals surface area contributed by atoms with Gasteiger partial charge in [-0.25, -0.2) is 12.8 Å². The van der Waals surface area contributed by atoms with Gasteiger partial charge >= 0.3 is 0 Å². The Balaban J connectivity index is 1.93. The molecule has 0 saturated heterocycles. The minimum absolute atomic E-state index is 0.0221. The molecule has 0 aliphatic rings. The Labute approximate surface area is 134 Å². The van der Waals surface area contributed by atoms with Crippen molar-refractivity contribution in [2.24, 2.45) is 0 Å².